The number of aromatic nitrogens is 1. The highest BCUT2D eigenvalue weighted by Gasteiger charge is 2.36. The van der Waals surface area contributed by atoms with E-state index in [1.165, 1.54) is 0 Å². The van der Waals surface area contributed by atoms with E-state index in [4.69, 9.17) is 9.72 Å². The zero-order valence-corrected chi connectivity index (χ0v) is 22.1. The fraction of sp³-hybridized carbons (Fsp3) is 0.0882. The van der Waals surface area contributed by atoms with Crippen LogP contribution in [-0.4, -0.2) is 34.7 Å². The number of hydrogen-bond donors (Lipinski definition) is 0. The Morgan fingerprint density at radius 2 is 1.39 bits per heavy atom. The molecule has 0 radical (unpaired) electrons. The quantitative estimate of drug-likeness (QED) is 0.133. The molecule has 0 fully saturated rings. The van der Waals surface area contributed by atoms with E-state index in [-0.39, 0.29) is 23.2 Å². The Morgan fingerprint density at radius 1 is 0.780 bits per heavy atom. The summed E-state index contributed by atoms with van der Waals surface area (Å²) >= 11 is 0. The number of ether oxygens (including phenoxy) is 1. The van der Waals surface area contributed by atoms with Gasteiger partial charge in [0.05, 0.1) is 33.6 Å². The molecular weight excluding hydrogens is 516 g/mol. The average Bonchev–Trinajstić information content (AvgIpc) is 3.28. The van der Waals surface area contributed by atoms with Gasteiger partial charge in [-0.3, -0.25) is 14.4 Å². The standard InChI is InChI=1S/C34H24N2O5/c1-2-30(31(37)22-10-4-3-5-11-22)41-34(40)27-20-29(35-28-15-9-8-12-24(27)28)21-16-18-23(19-17-21)36-32(38)25-13-6-7-14-26(25)33(36)39/h3-20,30H,2H2,1H3. The Morgan fingerprint density at radius 3 is 2.05 bits per heavy atom. The van der Waals surface area contributed by atoms with Crippen LogP contribution < -0.4 is 4.90 Å². The van der Waals surface area contributed by atoms with E-state index in [1.807, 2.05) is 18.2 Å². The molecule has 0 bridgehead atoms. The Balaban J connectivity index is 1.31. The van der Waals surface area contributed by atoms with Gasteiger partial charge >= 0.3 is 5.97 Å². The van der Waals surface area contributed by atoms with Gasteiger partial charge < -0.3 is 4.74 Å². The first kappa shape index (κ1) is 25.8. The van der Waals surface area contributed by atoms with Crippen LogP contribution in [0.15, 0.2) is 109 Å². The number of Topliss-reactive ketones (excluding diaryl/α,β-unsaturated/α-hetero) is 1. The van der Waals surface area contributed by atoms with Crippen molar-refractivity contribution in [3.63, 3.8) is 0 Å². The number of esters is 1. The number of pyridine rings is 1. The molecule has 0 saturated carbocycles. The maximum absolute atomic E-state index is 13.5. The molecule has 1 aliphatic heterocycles. The van der Waals surface area contributed by atoms with Crippen molar-refractivity contribution in [2.75, 3.05) is 4.90 Å². The minimum absolute atomic E-state index is 0.260. The summed E-state index contributed by atoms with van der Waals surface area (Å²) in [6.45, 7) is 1.80. The van der Waals surface area contributed by atoms with Crippen LogP contribution in [0.1, 0.15) is 54.8 Å². The van der Waals surface area contributed by atoms with Crippen molar-refractivity contribution in [2.24, 2.45) is 0 Å². The van der Waals surface area contributed by atoms with Crippen LogP contribution >= 0.6 is 0 Å². The number of carbonyl (C=O) groups excluding carboxylic acids is 4. The topological polar surface area (TPSA) is 93.6 Å². The summed E-state index contributed by atoms with van der Waals surface area (Å²) in [4.78, 5) is 58.2. The summed E-state index contributed by atoms with van der Waals surface area (Å²) in [6, 6.07) is 31.2. The van der Waals surface area contributed by atoms with Gasteiger partial charge in [0.25, 0.3) is 11.8 Å². The number of ketones is 1. The Labute approximate surface area is 236 Å². The molecule has 6 rings (SSSR count). The fourth-order valence-electron chi connectivity index (χ4n) is 5.00. The first-order valence-corrected chi connectivity index (χ1v) is 13.2. The van der Waals surface area contributed by atoms with E-state index in [2.05, 4.69) is 0 Å². The van der Waals surface area contributed by atoms with E-state index in [9.17, 15) is 19.2 Å². The zero-order valence-electron chi connectivity index (χ0n) is 22.1. The van der Waals surface area contributed by atoms with E-state index >= 15 is 0 Å². The first-order valence-electron chi connectivity index (χ1n) is 13.2. The molecule has 1 unspecified atom stereocenters. The third-order valence-electron chi connectivity index (χ3n) is 7.12. The third kappa shape index (κ3) is 4.67. The van der Waals surface area contributed by atoms with Crippen LogP contribution in [0.4, 0.5) is 5.69 Å². The predicted octanol–water partition coefficient (Wildman–Crippen LogP) is 6.52. The molecule has 1 aliphatic rings. The van der Waals surface area contributed by atoms with Crippen LogP contribution in [0.25, 0.3) is 22.2 Å². The highest BCUT2D eigenvalue weighted by Crippen LogP contribution is 2.31. The first-order chi connectivity index (χ1) is 20.0. The summed E-state index contributed by atoms with van der Waals surface area (Å²) in [7, 11) is 0. The second-order valence-electron chi connectivity index (χ2n) is 9.64. The van der Waals surface area contributed by atoms with Crippen LogP contribution in [0.5, 0.6) is 0 Å². The van der Waals surface area contributed by atoms with Crippen molar-refractivity contribution < 1.29 is 23.9 Å². The minimum atomic E-state index is -0.931. The molecule has 1 aromatic heterocycles. The summed E-state index contributed by atoms with van der Waals surface area (Å²) in [6.07, 6.45) is -0.603. The molecular formula is C34H24N2O5. The van der Waals surface area contributed by atoms with Gasteiger partial charge in [-0.15, -0.1) is 0 Å². The predicted molar refractivity (Wildman–Crippen MR) is 155 cm³/mol. The lowest BCUT2D eigenvalue weighted by Crippen LogP contribution is -2.29. The van der Waals surface area contributed by atoms with Crippen molar-refractivity contribution in [1.29, 1.82) is 0 Å². The van der Waals surface area contributed by atoms with Gasteiger partial charge in [-0.1, -0.05) is 79.7 Å². The average molecular weight is 541 g/mol. The number of hydrogen-bond acceptors (Lipinski definition) is 6. The van der Waals surface area contributed by atoms with Gasteiger partial charge in [0.15, 0.2) is 6.10 Å². The number of para-hydroxylation sites is 1. The van der Waals surface area contributed by atoms with Crippen molar-refractivity contribution in [1.82, 2.24) is 4.98 Å². The molecule has 5 aromatic rings. The molecule has 4 aromatic carbocycles. The number of anilines is 1. The number of amides is 2. The number of rotatable bonds is 7. The van der Waals surface area contributed by atoms with Crippen molar-refractivity contribution in [3.05, 3.63) is 131 Å². The maximum Gasteiger partial charge on any atom is 0.339 e. The number of fused-ring (bicyclic) bond motifs is 2. The van der Waals surface area contributed by atoms with Gasteiger partial charge in [-0.25, -0.2) is 14.7 Å². The minimum Gasteiger partial charge on any atom is -0.450 e. The summed E-state index contributed by atoms with van der Waals surface area (Å²) in [5, 5.41) is 0.603. The third-order valence-corrected chi connectivity index (χ3v) is 7.12. The molecule has 7 heteroatoms. The largest absolute Gasteiger partial charge is 0.450 e. The Bertz CT molecular complexity index is 1800. The molecule has 7 nitrogen and oxygen atoms in total. The van der Waals surface area contributed by atoms with Crippen molar-refractivity contribution in [2.45, 2.75) is 19.4 Å². The highest BCUT2D eigenvalue weighted by atomic mass is 16.5. The molecule has 41 heavy (non-hydrogen) atoms. The van der Waals surface area contributed by atoms with E-state index < -0.39 is 12.1 Å². The van der Waals surface area contributed by atoms with Crippen LogP contribution in [0.3, 0.4) is 0 Å². The Hall–Kier alpha value is -5.43. The molecule has 0 spiro atoms. The highest BCUT2D eigenvalue weighted by molar-refractivity contribution is 6.34. The molecule has 2 heterocycles. The number of carbonyl (C=O) groups is 4. The Kier molecular flexibility index (Phi) is 6.69. The van der Waals surface area contributed by atoms with E-state index in [1.54, 1.807) is 97.9 Å². The second kappa shape index (κ2) is 10.6. The lowest BCUT2D eigenvalue weighted by Gasteiger charge is -2.17. The fourth-order valence-corrected chi connectivity index (χ4v) is 5.00. The lowest BCUT2D eigenvalue weighted by atomic mass is 10.0. The smallest absolute Gasteiger partial charge is 0.339 e. The van der Waals surface area contributed by atoms with Crippen LogP contribution in [0, 0.1) is 0 Å². The van der Waals surface area contributed by atoms with Crippen LogP contribution in [-0.2, 0) is 4.74 Å². The van der Waals surface area contributed by atoms with Crippen molar-refractivity contribution in [3.8, 4) is 11.3 Å². The van der Waals surface area contributed by atoms with Gasteiger partial charge in [-0.05, 0) is 42.8 Å². The molecule has 0 saturated heterocycles. The van der Waals surface area contributed by atoms with Gasteiger partial charge in [0, 0.05) is 16.5 Å². The number of nitrogens with zero attached hydrogens (tertiary/aromatic N) is 2. The van der Waals surface area contributed by atoms with Gasteiger partial charge in [-0.2, -0.15) is 0 Å². The summed E-state index contributed by atoms with van der Waals surface area (Å²) in [5.74, 6) is -1.63. The molecule has 200 valence electrons. The zero-order chi connectivity index (χ0) is 28.5. The molecule has 1 atom stereocenters. The molecule has 2 amide bonds. The number of benzene rings is 4. The number of imide groups is 1. The van der Waals surface area contributed by atoms with Gasteiger partial charge in [0.2, 0.25) is 5.78 Å². The summed E-state index contributed by atoms with van der Waals surface area (Å²) < 4.78 is 5.74. The van der Waals surface area contributed by atoms with E-state index in [0.29, 0.717) is 51.0 Å². The van der Waals surface area contributed by atoms with Gasteiger partial charge in [0.1, 0.15) is 0 Å². The normalized spacial score (nSPS) is 13.2. The molecule has 0 aliphatic carbocycles. The van der Waals surface area contributed by atoms with Crippen LogP contribution in [0.2, 0.25) is 0 Å². The SMILES string of the molecule is CCC(OC(=O)c1cc(-c2ccc(N3C(=O)c4ccccc4C3=O)cc2)nc2ccccc12)C(=O)c1ccccc1. The van der Waals surface area contributed by atoms with Crippen molar-refractivity contribution >= 4 is 40.2 Å². The lowest BCUT2D eigenvalue weighted by molar-refractivity contribution is 0.0279. The second-order valence-corrected chi connectivity index (χ2v) is 9.64. The van der Waals surface area contributed by atoms with E-state index in [0.717, 1.165) is 4.90 Å². The monoisotopic (exact) mass is 540 g/mol. The maximum atomic E-state index is 13.5. The molecule has 0 N–H and O–H groups in total. The summed E-state index contributed by atoms with van der Waals surface area (Å²) in [5.41, 5.74) is 3.72.